The van der Waals surface area contributed by atoms with Crippen LogP contribution >= 0.6 is 0 Å². The van der Waals surface area contributed by atoms with Crippen LogP contribution in [0, 0.1) is 11.8 Å². The van der Waals surface area contributed by atoms with Crippen LogP contribution in [-0.2, 0) is 9.47 Å². The van der Waals surface area contributed by atoms with Crippen molar-refractivity contribution < 1.29 is 9.47 Å². The fraction of sp³-hybridized carbons (Fsp3) is 1.00. The molecule has 0 spiro atoms. The highest BCUT2D eigenvalue weighted by atomic mass is 16.7. The smallest absolute Gasteiger partial charge is 0.158 e. The predicted molar refractivity (Wildman–Crippen MR) is 80.3 cm³/mol. The van der Waals surface area contributed by atoms with Gasteiger partial charge in [0, 0.05) is 19.6 Å². The molecule has 1 N–H and O–H groups in total. The summed E-state index contributed by atoms with van der Waals surface area (Å²) < 4.78 is 11.1. The first-order valence-electron chi connectivity index (χ1n) is 8.23. The number of nitrogens with one attached hydrogen (secondary N) is 1. The van der Waals surface area contributed by atoms with E-state index in [9.17, 15) is 0 Å². The Morgan fingerprint density at radius 3 is 2.05 bits per heavy atom. The summed E-state index contributed by atoms with van der Waals surface area (Å²) in [5, 5.41) is 3.58. The Morgan fingerprint density at radius 1 is 0.947 bits per heavy atom. The standard InChI is InChI=1S/C16H33NO2/c1-4-14-7-9-15(10-8-14)13-17-12-11-16(18-5-2)19-6-3/h14-17H,4-13H2,1-3H3. The molecule has 1 aliphatic rings. The van der Waals surface area contributed by atoms with Crippen molar-refractivity contribution in [1.29, 1.82) is 0 Å². The van der Waals surface area contributed by atoms with Crippen LogP contribution < -0.4 is 5.32 Å². The number of ether oxygens (including phenoxy) is 2. The van der Waals surface area contributed by atoms with Gasteiger partial charge in [-0.05, 0) is 51.6 Å². The minimum atomic E-state index is -0.0293. The van der Waals surface area contributed by atoms with E-state index in [0.29, 0.717) is 0 Å². The van der Waals surface area contributed by atoms with Crippen molar-refractivity contribution in [3.63, 3.8) is 0 Å². The molecule has 1 fully saturated rings. The van der Waals surface area contributed by atoms with E-state index in [2.05, 4.69) is 12.2 Å². The van der Waals surface area contributed by atoms with E-state index in [4.69, 9.17) is 9.47 Å². The average molecular weight is 271 g/mol. The van der Waals surface area contributed by atoms with Crippen LogP contribution in [0.3, 0.4) is 0 Å². The van der Waals surface area contributed by atoms with E-state index in [1.54, 1.807) is 0 Å². The molecule has 1 saturated carbocycles. The lowest BCUT2D eigenvalue weighted by Gasteiger charge is -2.28. The highest BCUT2D eigenvalue weighted by molar-refractivity contribution is 4.73. The Bertz CT molecular complexity index is 197. The summed E-state index contributed by atoms with van der Waals surface area (Å²) in [6, 6.07) is 0. The normalized spacial score (nSPS) is 24.0. The maximum atomic E-state index is 5.54. The lowest BCUT2D eigenvalue weighted by atomic mass is 9.81. The first-order chi connectivity index (χ1) is 9.30. The van der Waals surface area contributed by atoms with E-state index in [1.807, 2.05) is 13.8 Å². The van der Waals surface area contributed by atoms with Gasteiger partial charge in [-0.1, -0.05) is 26.2 Å². The molecule has 0 heterocycles. The van der Waals surface area contributed by atoms with Crippen LogP contribution in [0.15, 0.2) is 0 Å². The zero-order chi connectivity index (χ0) is 13.9. The third kappa shape index (κ3) is 7.28. The van der Waals surface area contributed by atoms with Crippen molar-refractivity contribution in [3.05, 3.63) is 0 Å². The minimum absolute atomic E-state index is 0.0293. The summed E-state index contributed by atoms with van der Waals surface area (Å²) in [6.45, 7) is 9.99. The van der Waals surface area contributed by atoms with Crippen molar-refractivity contribution in [1.82, 2.24) is 5.32 Å². The van der Waals surface area contributed by atoms with E-state index in [-0.39, 0.29) is 6.29 Å². The highest BCUT2D eigenvalue weighted by Gasteiger charge is 2.19. The van der Waals surface area contributed by atoms with Gasteiger partial charge in [0.05, 0.1) is 0 Å². The van der Waals surface area contributed by atoms with Gasteiger partial charge < -0.3 is 14.8 Å². The van der Waals surface area contributed by atoms with Crippen LogP contribution in [0.2, 0.25) is 0 Å². The number of hydrogen-bond donors (Lipinski definition) is 1. The molecule has 0 unspecified atom stereocenters. The summed E-state index contributed by atoms with van der Waals surface area (Å²) in [5.74, 6) is 1.89. The topological polar surface area (TPSA) is 30.5 Å². The molecule has 114 valence electrons. The summed E-state index contributed by atoms with van der Waals surface area (Å²) in [7, 11) is 0. The highest BCUT2D eigenvalue weighted by Crippen LogP contribution is 2.29. The molecule has 1 rings (SSSR count). The maximum absolute atomic E-state index is 5.54. The molecule has 1 aliphatic carbocycles. The Hall–Kier alpha value is -0.120. The van der Waals surface area contributed by atoms with Gasteiger partial charge in [0.25, 0.3) is 0 Å². The van der Waals surface area contributed by atoms with Gasteiger partial charge in [-0.15, -0.1) is 0 Å². The minimum Gasteiger partial charge on any atom is -0.353 e. The summed E-state index contributed by atoms with van der Waals surface area (Å²) in [4.78, 5) is 0. The van der Waals surface area contributed by atoms with Gasteiger partial charge in [-0.2, -0.15) is 0 Å². The predicted octanol–water partition coefficient (Wildman–Crippen LogP) is 3.58. The second kappa shape index (κ2) is 10.6. The Morgan fingerprint density at radius 2 is 1.53 bits per heavy atom. The summed E-state index contributed by atoms with van der Waals surface area (Å²) in [5.41, 5.74) is 0. The molecule has 0 bridgehead atoms. The van der Waals surface area contributed by atoms with Gasteiger partial charge in [0.2, 0.25) is 0 Å². The van der Waals surface area contributed by atoms with Crippen molar-refractivity contribution in [2.24, 2.45) is 11.8 Å². The first kappa shape index (κ1) is 16.9. The third-order valence-corrected chi connectivity index (χ3v) is 4.24. The monoisotopic (exact) mass is 271 g/mol. The molecule has 0 saturated heterocycles. The molecule has 0 atom stereocenters. The Kier molecular flexibility index (Phi) is 9.48. The molecule has 0 aromatic heterocycles. The lowest BCUT2D eigenvalue weighted by molar-refractivity contribution is -0.138. The number of rotatable bonds is 10. The van der Waals surface area contributed by atoms with Gasteiger partial charge >= 0.3 is 0 Å². The molecule has 0 aliphatic heterocycles. The Balaban J connectivity index is 2.03. The molecule has 0 amide bonds. The van der Waals surface area contributed by atoms with Crippen LogP contribution in [0.1, 0.15) is 59.3 Å². The third-order valence-electron chi connectivity index (χ3n) is 4.24. The van der Waals surface area contributed by atoms with Gasteiger partial charge in [0.15, 0.2) is 6.29 Å². The van der Waals surface area contributed by atoms with Crippen LogP contribution in [-0.4, -0.2) is 32.6 Å². The zero-order valence-corrected chi connectivity index (χ0v) is 13.1. The van der Waals surface area contributed by atoms with Crippen molar-refractivity contribution >= 4 is 0 Å². The summed E-state index contributed by atoms with van der Waals surface area (Å²) >= 11 is 0. The molecule has 0 aromatic carbocycles. The molecule has 3 heteroatoms. The molecule has 0 aromatic rings. The molecular formula is C16H33NO2. The van der Waals surface area contributed by atoms with Gasteiger partial charge in [0.1, 0.15) is 0 Å². The largest absolute Gasteiger partial charge is 0.353 e. The van der Waals surface area contributed by atoms with Crippen molar-refractivity contribution in [3.8, 4) is 0 Å². The second-order valence-electron chi connectivity index (χ2n) is 5.63. The Labute approximate surface area is 119 Å². The molecule has 3 nitrogen and oxygen atoms in total. The zero-order valence-electron chi connectivity index (χ0n) is 13.1. The van der Waals surface area contributed by atoms with Gasteiger partial charge in [-0.25, -0.2) is 0 Å². The summed E-state index contributed by atoms with van der Waals surface area (Å²) in [6.07, 6.45) is 7.97. The van der Waals surface area contributed by atoms with Crippen LogP contribution in [0.4, 0.5) is 0 Å². The van der Waals surface area contributed by atoms with Crippen molar-refractivity contribution in [2.75, 3.05) is 26.3 Å². The van der Waals surface area contributed by atoms with E-state index in [1.165, 1.54) is 38.6 Å². The van der Waals surface area contributed by atoms with E-state index in [0.717, 1.165) is 38.0 Å². The van der Waals surface area contributed by atoms with Crippen LogP contribution in [0.5, 0.6) is 0 Å². The van der Waals surface area contributed by atoms with Gasteiger partial charge in [-0.3, -0.25) is 0 Å². The van der Waals surface area contributed by atoms with Crippen LogP contribution in [0.25, 0.3) is 0 Å². The second-order valence-corrected chi connectivity index (χ2v) is 5.63. The quantitative estimate of drug-likeness (QED) is 0.486. The van der Waals surface area contributed by atoms with Crippen molar-refractivity contribution in [2.45, 2.75) is 65.6 Å². The molecule has 0 radical (unpaired) electrons. The lowest BCUT2D eigenvalue weighted by Crippen LogP contribution is -2.30. The molecule has 19 heavy (non-hydrogen) atoms. The van der Waals surface area contributed by atoms with E-state index < -0.39 is 0 Å². The first-order valence-corrected chi connectivity index (χ1v) is 8.23. The van der Waals surface area contributed by atoms with E-state index >= 15 is 0 Å². The fourth-order valence-corrected chi connectivity index (χ4v) is 2.96. The SMILES string of the molecule is CCOC(CCNCC1CCC(CC)CC1)OCC. The fourth-order valence-electron chi connectivity index (χ4n) is 2.96. The molecular weight excluding hydrogens is 238 g/mol. The average Bonchev–Trinajstić information content (AvgIpc) is 2.44. The maximum Gasteiger partial charge on any atom is 0.158 e. The number of hydrogen-bond acceptors (Lipinski definition) is 3.